The first kappa shape index (κ1) is 22.6. The number of nitrogens with zero attached hydrogens (tertiary/aromatic N) is 3. The highest BCUT2D eigenvalue weighted by Gasteiger charge is 2.42. The summed E-state index contributed by atoms with van der Waals surface area (Å²) in [5.74, 6) is 1.55. The average molecular weight is 497 g/mol. The van der Waals surface area contributed by atoms with E-state index < -0.39 is 0 Å². The lowest BCUT2D eigenvalue weighted by Crippen LogP contribution is -2.29. The molecule has 0 saturated carbocycles. The van der Waals surface area contributed by atoms with Gasteiger partial charge in [-0.2, -0.15) is 0 Å². The first-order valence-electron chi connectivity index (χ1n) is 12.1. The summed E-state index contributed by atoms with van der Waals surface area (Å²) in [4.78, 5) is 6.95. The molecule has 0 spiro atoms. The molecule has 0 aliphatic carbocycles. The summed E-state index contributed by atoms with van der Waals surface area (Å²) < 4.78 is 13.5. The molecule has 182 valence electrons. The summed E-state index contributed by atoms with van der Waals surface area (Å²) >= 11 is 5.94. The molecule has 2 atom stereocenters. The van der Waals surface area contributed by atoms with Gasteiger partial charge in [0.05, 0.1) is 17.8 Å². The summed E-state index contributed by atoms with van der Waals surface area (Å²) in [6.07, 6.45) is 1.84. The molecule has 2 aromatic heterocycles. The number of aryl methyl sites for hydroxylation is 3. The molecule has 36 heavy (non-hydrogen) atoms. The summed E-state index contributed by atoms with van der Waals surface area (Å²) in [6.45, 7) is 8.82. The van der Waals surface area contributed by atoms with Gasteiger partial charge in [0.25, 0.3) is 0 Å². The number of anilines is 1. The Morgan fingerprint density at radius 2 is 1.67 bits per heavy atom. The monoisotopic (exact) mass is 496 g/mol. The number of fused-ring (bicyclic) bond motifs is 1. The van der Waals surface area contributed by atoms with Crippen molar-refractivity contribution in [2.75, 3.05) is 11.7 Å². The minimum absolute atomic E-state index is 0.0671. The Morgan fingerprint density at radius 1 is 0.889 bits per heavy atom. The van der Waals surface area contributed by atoms with Gasteiger partial charge < -0.3 is 24.3 Å². The van der Waals surface area contributed by atoms with E-state index in [9.17, 15) is 0 Å². The molecule has 1 saturated heterocycles. The average Bonchev–Trinajstić information content (AvgIpc) is 3.53. The van der Waals surface area contributed by atoms with E-state index in [2.05, 4.69) is 78.9 Å². The van der Waals surface area contributed by atoms with Crippen LogP contribution in [0.5, 0.6) is 11.5 Å². The van der Waals surface area contributed by atoms with Gasteiger partial charge in [-0.05, 0) is 99.1 Å². The summed E-state index contributed by atoms with van der Waals surface area (Å²) in [6, 6.07) is 20.8. The van der Waals surface area contributed by atoms with Crippen LogP contribution in [0, 0.1) is 27.7 Å². The van der Waals surface area contributed by atoms with E-state index in [1.54, 1.807) is 0 Å². The highest BCUT2D eigenvalue weighted by Crippen LogP contribution is 2.44. The third-order valence-corrected chi connectivity index (χ3v) is 7.30. The molecule has 0 amide bonds. The first-order valence-corrected chi connectivity index (χ1v) is 12.5. The molecule has 4 heterocycles. The van der Waals surface area contributed by atoms with Crippen molar-refractivity contribution in [3.63, 3.8) is 0 Å². The molecule has 6 rings (SSSR count). The summed E-state index contributed by atoms with van der Waals surface area (Å²) in [5, 5.41) is 4.29. The van der Waals surface area contributed by atoms with Crippen LogP contribution in [0.3, 0.4) is 0 Å². The van der Waals surface area contributed by atoms with Gasteiger partial charge in [0.1, 0.15) is 0 Å². The van der Waals surface area contributed by atoms with Gasteiger partial charge in [-0.3, -0.25) is 4.98 Å². The molecule has 1 fully saturated rings. The fraction of sp³-hybridized carbons (Fsp3) is 0.241. The molecule has 0 radical (unpaired) electrons. The second-order valence-corrected chi connectivity index (χ2v) is 9.93. The molecule has 2 aliphatic heterocycles. The van der Waals surface area contributed by atoms with Crippen LogP contribution in [-0.2, 0) is 0 Å². The van der Waals surface area contributed by atoms with E-state index >= 15 is 0 Å². The van der Waals surface area contributed by atoms with Crippen molar-refractivity contribution in [2.45, 2.75) is 39.8 Å². The van der Waals surface area contributed by atoms with Gasteiger partial charge in [0.2, 0.25) is 6.79 Å². The topological polar surface area (TPSA) is 51.6 Å². The number of benzene rings is 2. The molecule has 2 aliphatic rings. The second-order valence-electron chi connectivity index (χ2n) is 9.54. The third-order valence-electron chi connectivity index (χ3n) is 6.99. The zero-order chi connectivity index (χ0) is 25.0. The normalized spacial score (nSPS) is 18.6. The van der Waals surface area contributed by atoms with Gasteiger partial charge in [0.15, 0.2) is 16.6 Å². The van der Waals surface area contributed by atoms with Crippen molar-refractivity contribution in [1.82, 2.24) is 14.9 Å². The highest BCUT2D eigenvalue weighted by atomic mass is 32.1. The highest BCUT2D eigenvalue weighted by molar-refractivity contribution is 7.80. The van der Waals surface area contributed by atoms with Crippen molar-refractivity contribution in [1.29, 1.82) is 0 Å². The smallest absolute Gasteiger partial charge is 0.231 e. The van der Waals surface area contributed by atoms with E-state index in [-0.39, 0.29) is 18.9 Å². The zero-order valence-corrected chi connectivity index (χ0v) is 21.6. The molecule has 2 aromatic carbocycles. The van der Waals surface area contributed by atoms with E-state index in [1.165, 1.54) is 16.7 Å². The Balaban J connectivity index is 1.51. The van der Waals surface area contributed by atoms with Crippen LogP contribution >= 0.6 is 12.2 Å². The Bertz CT molecular complexity index is 1460. The van der Waals surface area contributed by atoms with Crippen LogP contribution in [0.25, 0.3) is 5.69 Å². The van der Waals surface area contributed by atoms with Crippen LogP contribution < -0.4 is 19.7 Å². The maximum absolute atomic E-state index is 5.94. The van der Waals surface area contributed by atoms with Crippen LogP contribution in [-0.4, -0.2) is 21.5 Å². The van der Waals surface area contributed by atoms with E-state index in [0.717, 1.165) is 40.0 Å². The lowest BCUT2D eigenvalue weighted by Gasteiger charge is -2.29. The van der Waals surface area contributed by atoms with E-state index in [4.69, 9.17) is 26.7 Å². The standard InChI is InChI=1S/C29H28N4O2S/c1-17-11-18(2)13-22(12-17)33-28(27(31-29(33)36)24-7-5-6-10-30-24)23-14-19(3)32(20(23)4)21-8-9-25-26(15-21)35-16-34-25/h5-15,27-28H,16H2,1-4H3,(H,31,36)/t27-,28+/m1/s1. The van der Waals surface area contributed by atoms with Crippen LogP contribution in [0.2, 0.25) is 0 Å². The first-order chi connectivity index (χ1) is 17.4. The van der Waals surface area contributed by atoms with Crippen molar-refractivity contribution in [2.24, 2.45) is 0 Å². The fourth-order valence-corrected chi connectivity index (χ4v) is 5.89. The summed E-state index contributed by atoms with van der Waals surface area (Å²) in [5.41, 5.74) is 8.99. The number of hydrogen-bond acceptors (Lipinski definition) is 4. The minimum Gasteiger partial charge on any atom is -0.454 e. The Kier molecular flexibility index (Phi) is 5.45. The van der Waals surface area contributed by atoms with Gasteiger partial charge in [-0.25, -0.2) is 0 Å². The number of hydrogen-bond donors (Lipinski definition) is 1. The molecule has 6 nitrogen and oxygen atoms in total. The van der Waals surface area contributed by atoms with Gasteiger partial charge in [-0.1, -0.05) is 12.1 Å². The Hall–Kier alpha value is -3.84. The maximum atomic E-state index is 5.94. The zero-order valence-electron chi connectivity index (χ0n) is 20.8. The van der Waals surface area contributed by atoms with Crippen LogP contribution in [0.15, 0.2) is 66.9 Å². The lowest BCUT2D eigenvalue weighted by atomic mass is 9.96. The molecule has 0 unspecified atom stereocenters. The number of pyridine rings is 1. The number of rotatable bonds is 4. The van der Waals surface area contributed by atoms with Crippen LogP contribution in [0.1, 0.15) is 45.9 Å². The SMILES string of the molecule is Cc1cc(C)cc(N2C(=S)N[C@H](c3ccccn3)[C@@H]2c2cc(C)n(-c3ccc4c(c3)OCO4)c2C)c1. The minimum atomic E-state index is -0.0924. The van der Waals surface area contributed by atoms with Gasteiger partial charge in [-0.15, -0.1) is 0 Å². The predicted octanol–water partition coefficient (Wildman–Crippen LogP) is 6.01. The van der Waals surface area contributed by atoms with Crippen molar-refractivity contribution in [3.8, 4) is 17.2 Å². The second kappa shape index (κ2) is 8.68. The quantitative estimate of drug-likeness (QED) is 0.349. The van der Waals surface area contributed by atoms with E-state index in [0.29, 0.717) is 5.11 Å². The number of nitrogens with one attached hydrogen (secondary N) is 1. The Labute approximate surface area is 216 Å². The van der Waals surface area contributed by atoms with Crippen LogP contribution in [0.4, 0.5) is 5.69 Å². The predicted molar refractivity (Wildman–Crippen MR) is 145 cm³/mol. The molecule has 0 bridgehead atoms. The maximum Gasteiger partial charge on any atom is 0.231 e. The lowest BCUT2D eigenvalue weighted by molar-refractivity contribution is 0.174. The number of thiocarbonyl (C=S) groups is 1. The Morgan fingerprint density at radius 3 is 2.42 bits per heavy atom. The number of aromatic nitrogens is 2. The van der Waals surface area contributed by atoms with Crippen molar-refractivity contribution < 1.29 is 9.47 Å². The molecule has 7 heteroatoms. The molecular weight excluding hydrogens is 468 g/mol. The van der Waals surface area contributed by atoms with Crippen molar-refractivity contribution in [3.05, 3.63) is 101 Å². The molecular formula is C29H28N4O2S. The van der Waals surface area contributed by atoms with E-state index in [1.807, 2.05) is 30.5 Å². The summed E-state index contributed by atoms with van der Waals surface area (Å²) in [7, 11) is 0. The molecule has 1 N–H and O–H groups in total. The fourth-order valence-electron chi connectivity index (χ4n) is 5.55. The molecule has 4 aromatic rings. The van der Waals surface area contributed by atoms with Crippen molar-refractivity contribution >= 4 is 23.0 Å². The van der Waals surface area contributed by atoms with Gasteiger partial charge in [0, 0.05) is 35.0 Å². The number of ether oxygens (including phenoxy) is 2. The largest absolute Gasteiger partial charge is 0.454 e. The van der Waals surface area contributed by atoms with Gasteiger partial charge >= 0.3 is 0 Å². The third kappa shape index (κ3) is 3.71.